The lowest BCUT2D eigenvalue weighted by Crippen LogP contribution is -2.50. The van der Waals surface area contributed by atoms with Crippen LogP contribution in [0.25, 0.3) is 0 Å². The summed E-state index contributed by atoms with van der Waals surface area (Å²) in [6.45, 7) is 5.74. The Morgan fingerprint density at radius 3 is 2.62 bits per heavy atom. The molecule has 1 unspecified atom stereocenters. The number of thioether (sulfide) groups is 1. The number of carbonyl (C=O) groups excluding carboxylic acids is 1. The minimum absolute atomic E-state index is 0.0730. The van der Waals surface area contributed by atoms with Crippen LogP contribution >= 0.6 is 11.8 Å². The first kappa shape index (κ1) is 13.8. The van der Waals surface area contributed by atoms with Crippen molar-refractivity contribution in [1.29, 1.82) is 0 Å². The SMILES string of the molecule is CCCNC(=O)C(C)NCC1(SC)CCC1. The van der Waals surface area contributed by atoms with Gasteiger partial charge in [0, 0.05) is 17.8 Å². The van der Waals surface area contributed by atoms with E-state index in [2.05, 4.69) is 23.8 Å². The van der Waals surface area contributed by atoms with Crippen LogP contribution in [0.5, 0.6) is 0 Å². The Morgan fingerprint density at radius 1 is 1.50 bits per heavy atom. The van der Waals surface area contributed by atoms with Crippen molar-refractivity contribution in [2.24, 2.45) is 0 Å². The van der Waals surface area contributed by atoms with Gasteiger partial charge in [0.1, 0.15) is 0 Å². The van der Waals surface area contributed by atoms with E-state index < -0.39 is 0 Å². The van der Waals surface area contributed by atoms with Crippen LogP contribution in [0.15, 0.2) is 0 Å². The predicted octanol–water partition coefficient (Wildman–Crippen LogP) is 1.78. The van der Waals surface area contributed by atoms with Gasteiger partial charge < -0.3 is 10.6 Å². The second-order valence-corrected chi connectivity index (χ2v) is 5.91. The maximum Gasteiger partial charge on any atom is 0.236 e. The highest BCUT2D eigenvalue weighted by molar-refractivity contribution is 8.00. The summed E-state index contributed by atoms with van der Waals surface area (Å²) in [5, 5.41) is 6.27. The molecule has 0 radical (unpaired) electrons. The summed E-state index contributed by atoms with van der Waals surface area (Å²) in [6.07, 6.45) is 7.06. The van der Waals surface area contributed by atoms with E-state index in [1.54, 1.807) is 0 Å². The molecule has 1 fully saturated rings. The van der Waals surface area contributed by atoms with Crippen LogP contribution in [0.4, 0.5) is 0 Å². The minimum atomic E-state index is -0.0730. The fourth-order valence-electron chi connectivity index (χ4n) is 1.86. The van der Waals surface area contributed by atoms with E-state index >= 15 is 0 Å². The molecule has 1 amide bonds. The second kappa shape index (κ2) is 6.50. The van der Waals surface area contributed by atoms with Gasteiger partial charge in [-0.15, -0.1) is 0 Å². The number of carbonyl (C=O) groups is 1. The first-order valence-corrected chi connectivity index (χ1v) is 7.42. The third kappa shape index (κ3) is 3.67. The third-order valence-electron chi connectivity index (χ3n) is 3.37. The number of hydrogen-bond acceptors (Lipinski definition) is 3. The van der Waals surface area contributed by atoms with Gasteiger partial charge in [0.2, 0.25) is 5.91 Å². The zero-order valence-electron chi connectivity index (χ0n) is 10.6. The molecular weight excluding hydrogens is 220 g/mol. The fraction of sp³-hybridized carbons (Fsp3) is 0.917. The molecule has 0 aromatic rings. The van der Waals surface area contributed by atoms with Crippen molar-refractivity contribution in [2.75, 3.05) is 19.3 Å². The Hall–Kier alpha value is -0.220. The maximum atomic E-state index is 11.6. The number of hydrogen-bond donors (Lipinski definition) is 2. The van der Waals surface area contributed by atoms with Gasteiger partial charge in [-0.05, 0) is 32.4 Å². The minimum Gasteiger partial charge on any atom is -0.355 e. The number of nitrogens with one attached hydrogen (secondary N) is 2. The summed E-state index contributed by atoms with van der Waals surface area (Å²) in [5.41, 5.74) is 0. The topological polar surface area (TPSA) is 41.1 Å². The molecule has 4 heteroatoms. The Morgan fingerprint density at radius 2 is 2.19 bits per heavy atom. The quantitative estimate of drug-likeness (QED) is 0.717. The van der Waals surface area contributed by atoms with Crippen LogP contribution in [-0.4, -0.2) is 36.0 Å². The molecule has 1 rings (SSSR count). The molecule has 94 valence electrons. The van der Waals surface area contributed by atoms with Crippen molar-refractivity contribution in [3.05, 3.63) is 0 Å². The second-order valence-electron chi connectivity index (χ2n) is 4.63. The molecular formula is C12H24N2OS. The van der Waals surface area contributed by atoms with Crippen molar-refractivity contribution in [2.45, 2.75) is 50.3 Å². The Balaban J connectivity index is 2.23. The summed E-state index contributed by atoms with van der Waals surface area (Å²) in [6, 6.07) is -0.0730. The van der Waals surface area contributed by atoms with Gasteiger partial charge in [-0.3, -0.25) is 4.79 Å². The lowest BCUT2D eigenvalue weighted by atomic mass is 9.84. The molecule has 1 saturated carbocycles. The Labute approximate surface area is 103 Å². The lowest BCUT2D eigenvalue weighted by molar-refractivity contribution is -0.122. The zero-order chi connectivity index (χ0) is 12.0. The zero-order valence-corrected chi connectivity index (χ0v) is 11.5. The summed E-state index contributed by atoms with van der Waals surface area (Å²) in [4.78, 5) is 11.6. The van der Waals surface area contributed by atoms with E-state index in [4.69, 9.17) is 0 Å². The van der Waals surface area contributed by atoms with Crippen LogP contribution in [0, 0.1) is 0 Å². The van der Waals surface area contributed by atoms with Crippen molar-refractivity contribution in [1.82, 2.24) is 10.6 Å². The number of amides is 1. The van der Waals surface area contributed by atoms with Crippen LogP contribution in [0.2, 0.25) is 0 Å². The van der Waals surface area contributed by atoms with E-state index in [0.717, 1.165) is 19.5 Å². The molecule has 0 aliphatic heterocycles. The molecule has 0 bridgehead atoms. The molecule has 1 aliphatic carbocycles. The standard InChI is InChI=1S/C12H24N2OS/c1-4-8-13-11(15)10(2)14-9-12(16-3)6-5-7-12/h10,14H,4-9H2,1-3H3,(H,13,15). The highest BCUT2D eigenvalue weighted by atomic mass is 32.2. The first-order chi connectivity index (χ1) is 7.63. The van der Waals surface area contributed by atoms with E-state index in [0.29, 0.717) is 4.75 Å². The molecule has 0 spiro atoms. The first-order valence-electron chi connectivity index (χ1n) is 6.20. The van der Waals surface area contributed by atoms with Crippen molar-refractivity contribution in [3.8, 4) is 0 Å². The summed E-state index contributed by atoms with van der Waals surface area (Å²) in [7, 11) is 0. The maximum absolute atomic E-state index is 11.6. The van der Waals surface area contributed by atoms with Gasteiger partial charge >= 0.3 is 0 Å². The van der Waals surface area contributed by atoms with Gasteiger partial charge in [-0.2, -0.15) is 11.8 Å². The largest absolute Gasteiger partial charge is 0.355 e. The predicted molar refractivity (Wildman–Crippen MR) is 70.9 cm³/mol. The van der Waals surface area contributed by atoms with Gasteiger partial charge in [-0.25, -0.2) is 0 Å². The lowest BCUT2D eigenvalue weighted by Gasteiger charge is -2.41. The van der Waals surface area contributed by atoms with E-state index in [1.807, 2.05) is 18.7 Å². The highest BCUT2D eigenvalue weighted by Crippen LogP contribution is 2.42. The van der Waals surface area contributed by atoms with E-state index in [9.17, 15) is 4.79 Å². The van der Waals surface area contributed by atoms with Crippen molar-refractivity contribution in [3.63, 3.8) is 0 Å². The normalized spacial score (nSPS) is 19.9. The monoisotopic (exact) mass is 244 g/mol. The van der Waals surface area contributed by atoms with E-state index in [-0.39, 0.29) is 11.9 Å². The molecule has 16 heavy (non-hydrogen) atoms. The summed E-state index contributed by atoms with van der Waals surface area (Å²) in [5.74, 6) is 0.123. The van der Waals surface area contributed by atoms with Crippen molar-refractivity contribution < 1.29 is 4.79 Å². The molecule has 0 heterocycles. The van der Waals surface area contributed by atoms with Gasteiger partial charge in [-0.1, -0.05) is 13.3 Å². The molecule has 0 aromatic heterocycles. The summed E-state index contributed by atoms with van der Waals surface area (Å²) >= 11 is 1.94. The fourth-order valence-corrected chi connectivity index (χ4v) is 2.78. The molecule has 3 nitrogen and oxygen atoms in total. The van der Waals surface area contributed by atoms with Gasteiger partial charge in [0.25, 0.3) is 0 Å². The Kier molecular flexibility index (Phi) is 5.62. The Bertz CT molecular complexity index is 224. The van der Waals surface area contributed by atoms with E-state index in [1.165, 1.54) is 19.3 Å². The molecule has 1 atom stereocenters. The average Bonchev–Trinajstić information content (AvgIpc) is 2.24. The molecule has 2 N–H and O–H groups in total. The van der Waals surface area contributed by atoms with Crippen molar-refractivity contribution >= 4 is 17.7 Å². The third-order valence-corrected chi connectivity index (χ3v) is 4.79. The molecule has 0 saturated heterocycles. The summed E-state index contributed by atoms with van der Waals surface area (Å²) < 4.78 is 0.402. The van der Waals surface area contributed by atoms with Crippen LogP contribution < -0.4 is 10.6 Å². The molecule has 0 aromatic carbocycles. The number of rotatable bonds is 7. The highest BCUT2D eigenvalue weighted by Gasteiger charge is 2.36. The van der Waals surface area contributed by atoms with Crippen LogP contribution in [0.3, 0.4) is 0 Å². The van der Waals surface area contributed by atoms with Gasteiger partial charge in [0.05, 0.1) is 6.04 Å². The molecule has 1 aliphatic rings. The smallest absolute Gasteiger partial charge is 0.236 e. The van der Waals surface area contributed by atoms with Gasteiger partial charge in [0.15, 0.2) is 0 Å². The average molecular weight is 244 g/mol. The van der Waals surface area contributed by atoms with Crippen LogP contribution in [-0.2, 0) is 4.79 Å². The van der Waals surface area contributed by atoms with Crippen LogP contribution in [0.1, 0.15) is 39.5 Å².